The van der Waals surface area contributed by atoms with Crippen LogP contribution in [0.5, 0.6) is 0 Å². The first kappa shape index (κ1) is 12.5. The van der Waals surface area contributed by atoms with Crippen LogP contribution in [0.2, 0.25) is 0 Å². The molecular weight excluding hydrogens is 255 g/mol. The number of hydrogen-bond acceptors (Lipinski definition) is 3. The monoisotopic (exact) mass is 266 g/mol. The third kappa shape index (κ3) is 3.06. The van der Waals surface area contributed by atoms with Crippen molar-refractivity contribution in [3.8, 4) is 0 Å². The van der Waals surface area contributed by atoms with E-state index in [1.165, 1.54) is 12.1 Å². The van der Waals surface area contributed by atoms with E-state index in [0.717, 1.165) is 12.1 Å². The van der Waals surface area contributed by atoms with Gasteiger partial charge in [-0.25, -0.2) is 12.8 Å². The molecule has 0 radical (unpaired) electrons. The van der Waals surface area contributed by atoms with Crippen LogP contribution < -0.4 is 10.3 Å². The Morgan fingerprint density at radius 2 is 1.50 bits per heavy atom. The van der Waals surface area contributed by atoms with E-state index in [1.807, 2.05) is 6.07 Å². The van der Waals surface area contributed by atoms with Gasteiger partial charge in [-0.3, -0.25) is 0 Å². The molecule has 6 heteroatoms. The number of rotatable bonds is 4. The quantitative estimate of drug-likeness (QED) is 0.833. The molecular formula is C12H11FN2O2S. The minimum Gasteiger partial charge on any atom is -0.308 e. The van der Waals surface area contributed by atoms with Crippen molar-refractivity contribution in [3.05, 3.63) is 60.4 Å². The molecule has 0 saturated heterocycles. The minimum atomic E-state index is -3.70. The Balaban J connectivity index is 2.11. The van der Waals surface area contributed by atoms with E-state index in [0.29, 0.717) is 5.69 Å². The number of sulfonamides is 1. The maximum Gasteiger partial charge on any atom is 0.257 e. The van der Waals surface area contributed by atoms with Gasteiger partial charge in [0.15, 0.2) is 0 Å². The molecule has 0 fully saturated rings. The number of hydrogen-bond donors (Lipinski definition) is 2. The van der Waals surface area contributed by atoms with Gasteiger partial charge in [-0.1, -0.05) is 18.2 Å². The second-order valence-corrected chi connectivity index (χ2v) is 5.23. The molecule has 4 nitrogen and oxygen atoms in total. The summed E-state index contributed by atoms with van der Waals surface area (Å²) in [5.41, 5.74) is 3.18. The van der Waals surface area contributed by atoms with Crippen LogP contribution in [-0.4, -0.2) is 8.42 Å². The lowest BCUT2D eigenvalue weighted by molar-refractivity contribution is 0.586. The van der Waals surface area contributed by atoms with Gasteiger partial charge in [0, 0.05) is 5.69 Å². The maximum absolute atomic E-state index is 12.7. The molecule has 0 aliphatic carbocycles. The summed E-state index contributed by atoms with van der Waals surface area (Å²) in [4.78, 5) is 2.20. The van der Waals surface area contributed by atoms with Crippen molar-refractivity contribution in [2.45, 2.75) is 4.90 Å². The Morgan fingerprint density at radius 3 is 2.11 bits per heavy atom. The molecule has 18 heavy (non-hydrogen) atoms. The molecule has 0 heterocycles. The molecule has 0 unspecified atom stereocenters. The fourth-order valence-corrected chi connectivity index (χ4v) is 2.18. The molecule has 94 valence electrons. The van der Waals surface area contributed by atoms with Crippen LogP contribution in [0.15, 0.2) is 59.5 Å². The van der Waals surface area contributed by atoms with Crippen LogP contribution >= 0.6 is 0 Å². The maximum atomic E-state index is 12.7. The van der Waals surface area contributed by atoms with Crippen LogP contribution in [0.1, 0.15) is 0 Å². The summed E-state index contributed by atoms with van der Waals surface area (Å²) in [5.74, 6) is -0.482. The van der Waals surface area contributed by atoms with Crippen molar-refractivity contribution in [2.75, 3.05) is 5.43 Å². The summed E-state index contributed by atoms with van der Waals surface area (Å²) in [6.45, 7) is 0. The van der Waals surface area contributed by atoms with Gasteiger partial charge < -0.3 is 5.43 Å². The standard InChI is InChI=1S/C12H11FN2O2S/c13-10-6-8-12(9-7-10)18(16,17)15-14-11-4-2-1-3-5-11/h1-9,14-15H. The molecule has 0 spiro atoms. The summed E-state index contributed by atoms with van der Waals surface area (Å²) in [6, 6.07) is 13.4. The van der Waals surface area contributed by atoms with Gasteiger partial charge in [0.05, 0.1) is 4.90 Å². The minimum absolute atomic E-state index is 0.00710. The summed E-state index contributed by atoms with van der Waals surface area (Å²) >= 11 is 0. The van der Waals surface area contributed by atoms with Gasteiger partial charge in [-0.05, 0) is 36.4 Å². The zero-order chi connectivity index (χ0) is 13.0. The van der Waals surface area contributed by atoms with E-state index < -0.39 is 15.8 Å². The van der Waals surface area contributed by atoms with Crippen LogP contribution in [0.25, 0.3) is 0 Å². The largest absolute Gasteiger partial charge is 0.308 e. The SMILES string of the molecule is O=S(=O)(NNc1ccccc1)c1ccc(F)cc1. The zero-order valence-electron chi connectivity index (χ0n) is 9.30. The highest BCUT2D eigenvalue weighted by Gasteiger charge is 2.13. The average molecular weight is 266 g/mol. The summed E-state index contributed by atoms with van der Waals surface area (Å²) < 4.78 is 36.3. The van der Waals surface area contributed by atoms with Crippen molar-refractivity contribution in [1.29, 1.82) is 0 Å². The number of halogens is 1. The first-order chi connectivity index (χ1) is 8.58. The second kappa shape index (κ2) is 5.16. The van der Waals surface area contributed by atoms with Crippen LogP contribution in [0, 0.1) is 5.82 Å². The summed E-state index contributed by atoms with van der Waals surface area (Å²) in [6.07, 6.45) is 0. The van der Waals surface area contributed by atoms with Gasteiger partial charge in [0.2, 0.25) is 0 Å². The number of hydrazine groups is 1. The third-order valence-electron chi connectivity index (χ3n) is 2.23. The fraction of sp³-hybridized carbons (Fsp3) is 0. The van der Waals surface area contributed by atoms with Crippen molar-refractivity contribution < 1.29 is 12.8 Å². The van der Waals surface area contributed by atoms with E-state index in [-0.39, 0.29) is 4.90 Å². The predicted octanol–water partition coefficient (Wildman–Crippen LogP) is 2.13. The van der Waals surface area contributed by atoms with Crippen molar-refractivity contribution in [2.24, 2.45) is 0 Å². The van der Waals surface area contributed by atoms with Crippen LogP contribution in [0.3, 0.4) is 0 Å². The number of anilines is 1. The van der Waals surface area contributed by atoms with E-state index in [9.17, 15) is 12.8 Å². The topological polar surface area (TPSA) is 58.2 Å². The van der Waals surface area contributed by atoms with Gasteiger partial charge in [-0.2, -0.15) is 0 Å². The molecule has 0 atom stereocenters. The van der Waals surface area contributed by atoms with E-state index in [4.69, 9.17) is 0 Å². The highest BCUT2D eigenvalue weighted by atomic mass is 32.2. The van der Waals surface area contributed by atoms with E-state index in [2.05, 4.69) is 10.3 Å². The lowest BCUT2D eigenvalue weighted by Crippen LogP contribution is -2.29. The number of nitrogens with one attached hydrogen (secondary N) is 2. The highest BCUT2D eigenvalue weighted by molar-refractivity contribution is 7.89. The molecule has 0 aromatic heterocycles. The summed E-state index contributed by atoms with van der Waals surface area (Å²) in [7, 11) is -3.70. The molecule has 2 N–H and O–H groups in total. The van der Waals surface area contributed by atoms with Crippen LogP contribution in [0.4, 0.5) is 10.1 Å². The third-order valence-corrected chi connectivity index (χ3v) is 3.49. The molecule has 2 rings (SSSR count). The Kier molecular flexibility index (Phi) is 3.59. The van der Waals surface area contributed by atoms with E-state index >= 15 is 0 Å². The Hall–Kier alpha value is -1.92. The molecule has 0 aliphatic rings. The molecule has 2 aromatic carbocycles. The van der Waals surface area contributed by atoms with Crippen molar-refractivity contribution in [1.82, 2.24) is 4.83 Å². The molecule has 0 bridgehead atoms. The normalized spacial score (nSPS) is 11.2. The van der Waals surface area contributed by atoms with Gasteiger partial charge in [0.25, 0.3) is 10.0 Å². The van der Waals surface area contributed by atoms with Crippen molar-refractivity contribution >= 4 is 15.7 Å². The predicted molar refractivity (Wildman–Crippen MR) is 66.8 cm³/mol. The number of para-hydroxylation sites is 1. The Labute approximate surface area is 104 Å². The lowest BCUT2D eigenvalue weighted by atomic mass is 10.3. The molecule has 0 saturated carbocycles. The second-order valence-electron chi connectivity index (χ2n) is 3.55. The fourth-order valence-electron chi connectivity index (χ4n) is 1.32. The first-order valence-electron chi connectivity index (χ1n) is 5.16. The van der Waals surface area contributed by atoms with Gasteiger partial charge in [0.1, 0.15) is 5.82 Å². The smallest absolute Gasteiger partial charge is 0.257 e. The molecule has 0 aliphatic heterocycles. The Morgan fingerprint density at radius 1 is 0.889 bits per heavy atom. The van der Waals surface area contributed by atoms with Gasteiger partial charge in [-0.15, -0.1) is 4.83 Å². The average Bonchev–Trinajstić information content (AvgIpc) is 2.38. The first-order valence-corrected chi connectivity index (χ1v) is 6.65. The Bertz CT molecular complexity index is 612. The lowest BCUT2D eigenvalue weighted by Gasteiger charge is -2.09. The van der Waals surface area contributed by atoms with Crippen molar-refractivity contribution in [3.63, 3.8) is 0 Å². The molecule has 0 amide bonds. The van der Waals surface area contributed by atoms with Gasteiger partial charge >= 0.3 is 0 Å². The zero-order valence-corrected chi connectivity index (χ0v) is 10.1. The molecule has 2 aromatic rings. The summed E-state index contributed by atoms with van der Waals surface area (Å²) in [5, 5.41) is 0. The van der Waals surface area contributed by atoms with Crippen LogP contribution in [-0.2, 0) is 10.0 Å². The van der Waals surface area contributed by atoms with E-state index in [1.54, 1.807) is 24.3 Å². The number of benzene rings is 2. The highest BCUT2D eigenvalue weighted by Crippen LogP contribution is 2.10.